The zero-order chi connectivity index (χ0) is 13.8. The number of benzene rings is 1. The van der Waals surface area contributed by atoms with E-state index in [1.165, 1.54) is 18.0 Å². The Morgan fingerprint density at radius 3 is 2.74 bits per heavy atom. The first-order valence-corrected chi connectivity index (χ1v) is 6.18. The number of hydrogen-bond acceptors (Lipinski definition) is 2. The topological polar surface area (TPSA) is 29.9 Å². The van der Waals surface area contributed by atoms with E-state index in [1.807, 2.05) is 38.1 Å². The fourth-order valence-electron chi connectivity index (χ4n) is 2.09. The zero-order valence-electron chi connectivity index (χ0n) is 11.0. The molecule has 0 aliphatic carbocycles. The van der Waals surface area contributed by atoms with Crippen LogP contribution in [-0.2, 0) is 6.54 Å². The van der Waals surface area contributed by atoms with E-state index in [2.05, 4.69) is 10.3 Å². The second-order valence-corrected chi connectivity index (χ2v) is 4.49. The van der Waals surface area contributed by atoms with Crippen LogP contribution in [0.4, 0.5) is 8.78 Å². The number of aromatic nitrogens is 2. The van der Waals surface area contributed by atoms with Gasteiger partial charge in [0.2, 0.25) is 0 Å². The van der Waals surface area contributed by atoms with Crippen LogP contribution in [0.1, 0.15) is 36.5 Å². The molecule has 0 saturated heterocycles. The number of nitrogens with zero attached hydrogens (tertiary/aromatic N) is 2. The van der Waals surface area contributed by atoms with Crippen molar-refractivity contribution < 1.29 is 8.78 Å². The summed E-state index contributed by atoms with van der Waals surface area (Å²) in [6, 6.07) is 8.11. The predicted molar refractivity (Wildman–Crippen MR) is 69.9 cm³/mol. The van der Waals surface area contributed by atoms with Gasteiger partial charge in [-0.15, -0.1) is 0 Å². The molecular formula is C14H17F2N3. The Morgan fingerprint density at radius 2 is 2.05 bits per heavy atom. The molecule has 0 aliphatic rings. The van der Waals surface area contributed by atoms with Gasteiger partial charge in [0.15, 0.2) is 0 Å². The van der Waals surface area contributed by atoms with Crippen molar-refractivity contribution in [3.8, 4) is 0 Å². The molecule has 0 aliphatic heterocycles. The molecule has 2 rings (SSSR count). The molecule has 1 aromatic carbocycles. The summed E-state index contributed by atoms with van der Waals surface area (Å²) in [5.41, 5.74) is 2.34. The minimum absolute atomic E-state index is 0.0871. The van der Waals surface area contributed by atoms with Crippen LogP contribution < -0.4 is 5.32 Å². The molecule has 1 aromatic heterocycles. The Balaban J connectivity index is 2.03. The SMILES string of the molecule is Cc1ccccc1[C@@H](C)NCc1nccn1C(F)F. The molecule has 19 heavy (non-hydrogen) atoms. The van der Waals surface area contributed by atoms with Crippen LogP contribution in [0, 0.1) is 6.92 Å². The van der Waals surface area contributed by atoms with Crippen LogP contribution in [0.15, 0.2) is 36.7 Å². The van der Waals surface area contributed by atoms with Crippen molar-refractivity contribution in [3.05, 3.63) is 53.6 Å². The lowest BCUT2D eigenvalue weighted by molar-refractivity contribution is 0.0665. The fourth-order valence-corrected chi connectivity index (χ4v) is 2.09. The van der Waals surface area contributed by atoms with E-state index in [-0.39, 0.29) is 6.04 Å². The number of alkyl halides is 2. The average molecular weight is 265 g/mol. The third-order valence-corrected chi connectivity index (χ3v) is 3.18. The molecule has 0 bridgehead atoms. The summed E-state index contributed by atoms with van der Waals surface area (Å²) in [4.78, 5) is 3.95. The Morgan fingerprint density at radius 1 is 1.32 bits per heavy atom. The monoisotopic (exact) mass is 265 g/mol. The smallest absolute Gasteiger partial charge is 0.303 e. The molecule has 0 amide bonds. The summed E-state index contributed by atoms with van der Waals surface area (Å²) in [5.74, 6) is 0.343. The van der Waals surface area contributed by atoms with E-state index in [1.54, 1.807) is 0 Å². The van der Waals surface area contributed by atoms with Gasteiger partial charge in [0.1, 0.15) is 5.82 Å². The maximum Gasteiger partial charge on any atom is 0.319 e. The van der Waals surface area contributed by atoms with Crippen molar-refractivity contribution in [2.75, 3.05) is 0 Å². The van der Waals surface area contributed by atoms with Gasteiger partial charge in [-0.05, 0) is 25.0 Å². The third kappa shape index (κ3) is 3.17. The second-order valence-electron chi connectivity index (χ2n) is 4.49. The lowest BCUT2D eigenvalue weighted by Gasteiger charge is -2.16. The normalized spacial score (nSPS) is 12.9. The number of rotatable bonds is 5. The van der Waals surface area contributed by atoms with Gasteiger partial charge in [-0.1, -0.05) is 24.3 Å². The molecule has 2 aromatic rings. The minimum atomic E-state index is -2.55. The Kier molecular flexibility index (Phi) is 4.27. The minimum Gasteiger partial charge on any atom is -0.303 e. The predicted octanol–water partition coefficient (Wildman–Crippen LogP) is 3.44. The average Bonchev–Trinajstić information content (AvgIpc) is 2.85. The van der Waals surface area contributed by atoms with Crippen molar-refractivity contribution in [2.45, 2.75) is 33.0 Å². The molecule has 0 radical (unpaired) electrons. The van der Waals surface area contributed by atoms with Crippen LogP contribution >= 0.6 is 0 Å². The number of nitrogens with one attached hydrogen (secondary N) is 1. The van der Waals surface area contributed by atoms with Gasteiger partial charge in [-0.3, -0.25) is 4.57 Å². The first kappa shape index (κ1) is 13.7. The molecule has 1 atom stereocenters. The molecule has 0 spiro atoms. The molecular weight excluding hydrogens is 248 g/mol. The van der Waals surface area contributed by atoms with Crippen LogP contribution in [0.2, 0.25) is 0 Å². The van der Waals surface area contributed by atoms with Gasteiger partial charge in [0, 0.05) is 18.4 Å². The molecule has 5 heteroatoms. The molecule has 102 valence electrons. The van der Waals surface area contributed by atoms with Gasteiger partial charge < -0.3 is 5.32 Å². The van der Waals surface area contributed by atoms with E-state index >= 15 is 0 Å². The Hall–Kier alpha value is -1.75. The lowest BCUT2D eigenvalue weighted by atomic mass is 10.0. The number of hydrogen-bond donors (Lipinski definition) is 1. The number of aryl methyl sites for hydroxylation is 1. The highest BCUT2D eigenvalue weighted by Crippen LogP contribution is 2.18. The molecule has 1 N–H and O–H groups in total. The molecule has 0 unspecified atom stereocenters. The van der Waals surface area contributed by atoms with Gasteiger partial charge in [-0.2, -0.15) is 8.78 Å². The van der Waals surface area contributed by atoms with E-state index in [0.29, 0.717) is 12.4 Å². The summed E-state index contributed by atoms with van der Waals surface area (Å²) in [6.45, 7) is 1.81. The number of halogens is 2. The van der Waals surface area contributed by atoms with Crippen molar-refractivity contribution in [1.82, 2.24) is 14.9 Å². The standard InChI is InChI=1S/C14H17F2N3/c1-10-5-3-4-6-12(10)11(2)18-9-13-17-7-8-19(13)14(15)16/h3-8,11,14,18H,9H2,1-2H3/t11-/m1/s1. The summed E-state index contributed by atoms with van der Waals surface area (Å²) in [7, 11) is 0. The molecule has 3 nitrogen and oxygen atoms in total. The van der Waals surface area contributed by atoms with Gasteiger partial charge >= 0.3 is 6.55 Å². The Labute approximate surface area is 111 Å². The van der Waals surface area contributed by atoms with Crippen molar-refractivity contribution in [1.29, 1.82) is 0 Å². The summed E-state index contributed by atoms with van der Waals surface area (Å²) >= 11 is 0. The molecule has 0 saturated carbocycles. The van der Waals surface area contributed by atoms with Gasteiger partial charge in [0.25, 0.3) is 0 Å². The zero-order valence-corrected chi connectivity index (χ0v) is 11.0. The van der Waals surface area contributed by atoms with E-state index in [0.717, 1.165) is 10.1 Å². The first-order chi connectivity index (χ1) is 9.09. The lowest BCUT2D eigenvalue weighted by Crippen LogP contribution is -2.21. The summed E-state index contributed by atoms with van der Waals surface area (Å²) in [5, 5.41) is 3.22. The summed E-state index contributed by atoms with van der Waals surface area (Å²) in [6.07, 6.45) is 2.68. The highest BCUT2D eigenvalue weighted by Gasteiger charge is 2.13. The maximum atomic E-state index is 12.7. The fraction of sp³-hybridized carbons (Fsp3) is 0.357. The Bertz CT molecular complexity index is 537. The van der Waals surface area contributed by atoms with Crippen LogP contribution in [-0.4, -0.2) is 9.55 Å². The van der Waals surface area contributed by atoms with Crippen LogP contribution in [0.25, 0.3) is 0 Å². The largest absolute Gasteiger partial charge is 0.319 e. The van der Waals surface area contributed by atoms with Crippen LogP contribution in [0.3, 0.4) is 0 Å². The van der Waals surface area contributed by atoms with E-state index in [9.17, 15) is 8.78 Å². The third-order valence-electron chi connectivity index (χ3n) is 3.18. The quantitative estimate of drug-likeness (QED) is 0.897. The van der Waals surface area contributed by atoms with Crippen molar-refractivity contribution >= 4 is 0 Å². The molecule has 0 fully saturated rings. The molecule has 1 heterocycles. The van der Waals surface area contributed by atoms with Crippen molar-refractivity contribution in [3.63, 3.8) is 0 Å². The van der Waals surface area contributed by atoms with Crippen LogP contribution in [0.5, 0.6) is 0 Å². The second kappa shape index (κ2) is 5.93. The highest BCUT2D eigenvalue weighted by atomic mass is 19.3. The van der Waals surface area contributed by atoms with E-state index in [4.69, 9.17) is 0 Å². The first-order valence-electron chi connectivity index (χ1n) is 6.18. The van der Waals surface area contributed by atoms with E-state index < -0.39 is 6.55 Å². The summed E-state index contributed by atoms with van der Waals surface area (Å²) < 4.78 is 26.2. The van der Waals surface area contributed by atoms with Gasteiger partial charge in [0.05, 0.1) is 6.54 Å². The highest BCUT2D eigenvalue weighted by molar-refractivity contribution is 5.28. The maximum absolute atomic E-state index is 12.7. The number of imidazole rings is 1. The van der Waals surface area contributed by atoms with Gasteiger partial charge in [-0.25, -0.2) is 4.98 Å². The van der Waals surface area contributed by atoms with Crippen molar-refractivity contribution in [2.24, 2.45) is 0 Å².